The third-order valence-corrected chi connectivity index (χ3v) is 6.99. The number of hydrogen-bond acceptors (Lipinski definition) is 6. The fraction of sp³-hybridized carbons (Fsp3) is 0.259. The van der Waals surface area contributed by atoms with Crippen molar-refractivity contribution in [3.63, 3.8) is 0 Å². The van der Waals surface area contributed by atoms with E-state index in [1.807, 2.05) is 0 Å². The van der Waals surface area contributed by atoms with Gasteiger partial charge in [-0.15, -0.1) is 0 Å². The normalized spacial score (nSPS) is 11.6. The molecule has 0 atom stereocenters. The van der Waals surface area contributed by atoms with Crippen molar-refractivity contribution < 1.29 is 31.9 Å². The van der Waals surface area contributed by atoms with Gasteiger partial charge in [-0.1, -0.05) is 23.2 Å². The van der Waals surface area contributed by atoms with E-state index in [1.165, 1.54) is 48.5 Å². The van der Waals surface area contributed by atoms with Crippen molar-refractivity contribution >= 4 is 50.8 Å². The molecule has 0 bridgehead atoms. The summed E-state index contributed by atoms with van der Waals surface area (Å²) in [5.74, 6) is -2.04. The number of sulfonamides is 1. The largest absolute Gasteiger partial charge is 0.466 e. The highest BCUT2D eigenvalue weighted by Gasteiger charge is 2.22. The van der Waals surface area contributed by atoms with Gasteiger partial charge in [0.05, 0.1) is 28.6 Å². The minimum atomic E-state index is -4.15. The number of esters is 1. The maximum Gasteiger partial charge on any atom is 0.310 e. The Labute approximate surface area is 236 Å². The van der Waals surface area contributed by atoms with Crippen LogP contribution in [0.3, 0.4) is 0 Å². The smallest absolute Gasteiger partial charge is 0.310 e. The molecule has 39 heavy (non-hydrogen) atoms. The summed E-state index contributed by atoms with van der Waals surface area (Å²) >= 11 is 12.2. The molecule has 0 heterocycles. The molecule has 2 N–H and O–H groups in total. The average Bonchev–Trinajstić information content (AvgIpc) is 2.82. The number of carbonyl (C=O) groups is 2. The Hall–Kier alpha value is -3.34. The first-order valence-corrected chi connectivity index (χ1v) is 14.0. The molecule has 0 saturated heterocycles. The van der Waals surface area contributed by atoms with Crippen molar-refractivity contribution in [2.75, 3.05) is 11.3 Å². The number of carbonyl (C=O) groups excluding carboxylic acids is 2. The van der Waals surface area contributed by atoms with Crippen LogP contribution in [0, 0.1) is 5.82 Å². The van der Waals surface area contributed by atoms with Crippen LogP contribution < -0.4 is 14.8 Å². The number of rotatable bonds is 9. The summed E-state index contributed by atoms with van der Waals surface area (Å²) in [5, 5.41) is 3.12. The summed E-state index contributed by atoms with van der Waals surface area (Å²) in [4.78, 5) is 24.5. The Morgan fingerprint density at radius 1 is 0.974 bits per heavy atom. The summed E-state index contributed by atoms with van der Waals surface area (Å²) in [6.07, 6.45) is -0.330. The van der Waals surface area contributed by atoms with Crippen LogP contribution in [0.25, 0.3) is 0 Å². The highest BCUT2D eigenvalue weighted by molar-refractivity contribution is 7.92. The van der Waals surface area contributed by atoms with Gasteiger partial charge >= 0.3 is 5.97 Å². The summed E-state index contributed by atoms with van der Waals surface area (Å²) < 4.78 is 54.0. The topological polar surface area (TPSA) is 111 Å². The van der Waals surface area contributed by atoms with Gasteiger partial charge < -0.3 is 14.8 Å². The number of hydrogen-bond donors (Lipinski definition) is 2. The number of anilines is 1. The Kier molecular flexibility index (Phi) is 9.47. The average molecular weight is 597 g/mol. The minimum absolute atomic E-state index is 0.00339. The second-order valence-electron chi connectivity index (χ2n) is 9.43. The fourth-order valence-electron chi connectivity index (χ4n) is 3.34. The molecule has 0 spiro atoms. The van der Waals surface area contributed by atoms with Gasteiger partial charge in [0.1, 0.15) is 11.6 Å². The first kappa shape index (κ1) is 30.2. The second kappa shape index (κ2) is 12.2. The van der Waals surface area contributed by atoms with E-state index in [1.54, 1.807) is 27.7 Å². The maximum atomic E-state index is 14.8. The minimum Gasteiger partial charge on any atom is -0.466 e. The van der Waals surface area contributed by atoms with Gasteiger partial charge in [0.15, 0.2) is 5.75 Å². The van der Waals surface area contributed by atoms with Gasteiger partial charge in [0.25, 0.3) is 15.9 Å². The molecule has 1 amide bonds. The molecule has 3 aromatic carbocycles. The lowest BCUT2D eigenvalue weighted by Gasteiger charge is -2.21. The molecule has 0 radical (unpaired) electrons. The van der Waals surface area contributed by atoms with Gasteiger partial charge in [-0.05, 0) is 76.2 Å². The van der Waals surface area contributed by atoms with E-state index in [2.05, 4.69) is 10.0 Å². The van der Waals surface area contributed by atoms with Crippen molar-refractivity contribution in [2.45, 2.75) is 44.6 Å². The van der Waals surface area contributed by atoms with Crippen LogP contribution in [0.1, 0.15) is 43.6 Å². The van der Waals surface area contributed by atoms with Crippen molar-refractivity contribution in [3.05, 3.63) is 81.6 Å². The first-order valence-electron chi connectivity index (χ1n) is 11.7. The lowest BCUT2D eigenvalue weighted by atomic mass is 10.1. The molecule has 0 fully saturated rings. The van der Waals surface area contributed by atoms with Gasteiger partial charge in [-0.2, -0.15) is 0 Å². The molecule has 3 rings (SSSR count). The van der Waals surface area contributed by atoms with Crippen molar-refractivity contribution in [1.82, 2.24) is 5.32 Å². The zero-order valence-corrected chi connectivity index (χ0v) is 23.9. The maximum absolute atomic E-state index is 14.8. The molecular weight excluding hydrogens is 570 g/mol. The number of nitrogens with one attached hydrogen (secondary N) is 2. The molecule has 0 aliphatic heterocycles. The van der Waals surface area contributed by atoms with Crippen LogP contribution >= 0.6 is 23.2 Å². The monoisotopic (exact) mass is 596 g/mol. The van der Waals surface area contributed by atoms with Crippen LogP contribution in [0.2, 0.25) is 10.0 Å². The predicted molar refractivity (Wildman–Crippen MR) is 148 cm³/mol. The van der Waals surface area contributed by atoms with Gasteiger partial charge in [-0.25, -0.2) is 12.8 Å². The molecule has 0 aliphatic rings. The summed E-state index contributed by atoms with van der Waals surface area (Å²) in [6, 6.07) is 11.8. The zero-order valence-electron chi connectivity index (χ0n) is 21.6. The van der Waals surface area contributed by atoms with Crippen molar-refractivity contribution in [2.24, 2.45) is 0 Å². The van der Waals surface area contributed by atoms with E-state index in [4.69, 9.17) is 32.7 Å². The molecular formula is C27H27Cl2FN2O6S. The summed E-state index contributed by atoms with van der Waals surface area (Å²) in [6.45, 7) is 7.18. The van der Waals surface area contributed by atoms with Crippen LogP contribution in [0.4, 0.5) is 10.1 Å². The third kappa shape index (κ3) is 8.32. The number of halogens is 3. The zero-order chi connectivity index (χ0) is 29.0. The Morgan fingerprint density at radius 3 is 2.26 bits per heavy atom. The molecule has 0 saturated carbocycles. The fourth-order valence-corrected chi connectivity index (χ4v) is 4.75. The van der Waals surface area contributed by atoms with Crippen LogP contribution in [-0.4, -0.2) is 32.4 Å². The molecule has 0 aliphatic carbocycles. The summed E-state index contributed by atoms with van der Waals surface area (Å²) in [7, 11) is -4.15. The van der Waals surface area contributed by atoms with Gasteiger partial charge in [-0.3, -0.25) is 14.3 Å². The molecule has 8 nitrogen and oxygen atoms in total. The highest BCUT2D eigenvalue weighted by atomic mass is 35.5. The third-order valence-electron chi connectivity index (χ3n) is 5.06. The van der Waals surface area contributed by atoms with Crippen LogP contribution in [0.15, 0.2) is 59.5 Å². The lowest BCUT2D eigenvalue weighted by molar-refractivity contribution is -0.142. The number of benzene rings is 3. The number of amides is 1. The van der Waals surface area contributed by atoms with E-state index in [-0.39, 0.29) is 51.3 Å². The van der Waals surface area contributed by atoms with E-state index in [0.717, 1.165) is 6.07 Å². The van der Waals surface area contributed by atoms with Crippen molar-refractivity contribution in [3.8, 4) is 11.5 Å². The molecule has 0 aromatic heterocycles. The van der Waals surface area contributed by atoms with E-state index in [9.17, 15) is 22.4 Å². The Bertz CT molecular complexity index is 1490. The molecule has 0 unspecified atom stereocenters. The summed E-state index contributed by atoms with van der Waals surface area (Å²) in [5.41, 5.74) is -0.499. The van der Waals surface area contributed by atoms with Crippen molar-refractivity contribution in [1.29, 1.82) is 0 Å². The van der Waals surface area contributed by atoms with E-state index < -0.39 is 33.3 Å². The van der Waals surface area contributed by atoms with E-state index in [0.29, 0.717) is 5.02 Å². The highest BCUT2D eigenvalue weighted by Crippen LogP contribution is 2.37. The van der Waals surface area contributed by atoms with Crippen LogP contribution in [0.5, 0.6) is 11.5 Å². The van der Waals surface area contributed by atoms with Gasteiger partial charge in [0.2, 0.25) is 0 Å². The quantitative estimate of drug-likeness (QED) is 0.278. The molecule has 12 heteroatoms. The number of ether oxygens (including phenoxy) is 2. The molecule has 208 valence electrons. The lowest BCUT2D eigenvalue weighted by Crippen LogP contribution is -2.40. The van der Waals surface area contributed by atoms with E-state index >= 15 is 0 Å². The predicted octanol–water partition coefficient (Wildman–Crippen LogP) is 6.36. The second-order valence-corrected chi connectivity index (χ2v) is 12.0. The van der Waals surface area contributed by atoms with Crippen LogP contribution in [-0.2, 0) is 26.0 Å². The molecule has 3 aromatic rings. The van der Waals surface area contributed by atoms with Gasteiger partial charge in [0, 0.05) is 27.8 Å². The SMILES string of the molecule is CCOC(=O)Cc1cc(Cl)c(Oc2ccc(C(=O)NC(C)(C)C)cc2NS(=O)(=O)c2ccc(Cl)cc2)cc1F. The standard InChI is InChI=1S/C27H27Cl2FN2O6S/c1-5-37-25(33)14-17-12-20(29)24(15-21(17)30)38-23-11-6-16(26(34)31-27(2,3)4)13-22(23)32-39(35,36)19-9-7-18(28)8-10-19/h6-13,15,32H,5,14H2,1-4H3,(H,31,34). The Morgan fingerprint density at radius 2 is 1.64 bits per heavy atom. The Balaban J connectivity index is 2.01. The first-order chi connectivity index (χ1) is 18.2.